The molecule has 0 amide bonds. The van der Waals surface area contributed by atoms with E-state index in [4.69, 9.17) is 23.2 Å². The number of aromatic nitrogens is 2. The van der Waals surface area contributed by atoms with Gasteiger partial charge in [0.1, 0.15) is 5.82 Å². The highest BCUT2D eigenvalue weighted by molar-refractivity contribution is 9.11. The SMILES string of the molecule is ClCCc1nc2cc(Cl)ccc2n1Cc1ccc(Br)s1. The first-order valence-corrected chi connectivity index (χ1v) is 8.64. The van der Waals surface area contributed by atoms with Crippen LogP contribution in [0.2, 0.25) is 5.02 Å². The van der Waals surface area contributed by atoms with Gasteiger partial charge in [0.2, 0.25) is 0 Å². The monoisotopic (exact) mass is 388 g/mol. The average Bonchev–Trinajstić information content (AvgIpc) is 2.95. The fourth-order valence-electron chi connectivity index (χ4n) is 2.20. The summed E-state index contributed by atoms with van der Waals surface area (Å²) in [5.74, 6) is 1.56. The number of alkyl halides is 1. The molecule has 0 aliphatic carbocycles. The Labute approximate surface area is 139 Å². The topological polar surface area (TPSA) is 17.8 Å². The molecule has 0 saturated heterocycles. The molecule has 0 aliphatic heterocycles. The molecule has 0 N–H and O–H groups in total. The highest BCUT2D eigenvalue weighted by Crippen LogP contribution is 2.26. The molecule has 0 radical (unpaired) electrons. The summed E-state index contributed by atoms with van der Waals surface area (Å²) in [4.78, 5) is 5.93. The molecule has 0 spiro atoms. The molecule has 2 nitrogen and oxygen atoms in total. The number of aryl methyl sites for hydroxylation is 1. The van der Waals surface area contributed by atoms with Crippen molar-refractivity contribution >= 4 is 61.5 Å². The molecule has 6 heteroatoms. The van der Waals surface area contributed by atoms with Gasteiger partial charge in [-0.25, -0.2) is 4.98 Å². The Kier molecular flexibility index (Phi) is 4.36. The summed E-state index contributed by atoms with van der Waals surface area (Å²) >= 11 is 17.2. The number of halogens is 3. The molecule has 2 aromatic heterocycles. The average molecular weight is 390 g/mol. The zero-order valence-corrected chi connectivity index (χ0v) is 14.4. The molecule has 0 unspecified atom stereocenters. The lowest BCUT2D eigenvalue weighted by Crippen LogP contribution is -2.04. The number of hydrogen-bond donors (Lipinski definition) is 0. The highest BCUT2D eigenvalue weighted by Gasteiger charge is 2.12. The minimum absolute atomic E-state index is 0.561. The lowest BCUT2D eigenvalue weighted by atomic mass is 10.3. The summed E-state index contributed by atoms with van der Waals surface area (Å²) in [7, 11) is 0. The number of nitrogens with zero attached hydrogens (tertiary/aromatic N) is 2. The summed E-state index contributed by atoms with van der Waals surface area (Å²) in [5.41, 5.74) is 2.02. The zero-order valence-electron chi connectivity index (χ0n) is 10.4. The first-order chi connectivity index (χ1) is 9.67. The summed E-state index contributed by atoms with van der Waals surface area (Å²) in [6, 6.07) is 10.0. The Morgan fingerprint density at radius 2 is 2.10 bits per heavy atom. The Morgan fingerprint density at radius 3 is 2.80 bits per heavy atom. The fraction of sp³-hybridized carbons (Fsp3) is 0.214. The molecule has 3 aromatic rings. The maximum absolute atomic E-state index is 6.04. The van der Waals surface area contributed by atoms with Crippen LogP contribution in [0.4, 0.5) is 0 Å². The highest BCUT2D eigenvalue weighted by atomic mass is 79.9. The maximum atomic E-state index is 6.04. The smallest absolute Gasteiger partial charge is 0.111 e. The van der Waals surface area contributed by atoms with Gasteiger partial charge < -0.3 is 4.57 Å². The Balaban J connectivity index is 2.08. The van der Waals surface area contributed by atoms with Gasteiger partial charge in [-0.3, -0.25) is 0 Å². The van der Waals surface area contributed by atoms with Crippen molar-refractivity contribution in [3.8, 4) is 0 Å². The van der Waals surface area contributed by atoms with Gasteiger partial charge in [0.15, 0.2) is 0 Å². The second-order valence-corrected chi connectivity index (χ2v) is 7.75. The lowest BCUT2D eigenvalue weighted by Gasteiger charge is -2.07. The van der Waals surface area contributed by atoms with Crippen molar-refractivity contribution in [2.45, 2.75) is 13.0 Å². The van der Waals surface area contributed by atoms with Crippen LogP contribution < -0.4 is 0 Å². The van der Waals surface area contributed by atoms with Crippen LogP contribution in [0.25, 0.3) is 11.0 Å². The van der Waals surface area contributed by atoms with Crippen molar-refractivity contribution < 1.29 is 0 Å². The van der Waals surface area contributed by atoms with E-state index in [-0.39, 0.29) is 0 Å². The minimum Gasteiger partial charge on any atom is -0.323 e. The lowest BCUT2D eigenvalue weighted by molar-refractivity contribution is 0.763. The summed E-state index contributed by atoms with van der Waals surface area (Å²) in [5, 5.41) is 0.707. The molecule has 0 atom stereocenters. The van der Waals surface area contributed by atoms with Gasteiger partial charge in [0.25, 0.3) is 0 Å². The van der Waals surface area contributed by atoms with Crippen molar-refractivity contribution in [1.82, 2.24) is 9.55 Å². The van der Waals surface area contributed by atoms with Crippen molar-refractivity contribution in [3.05, 3.63) is 49.8 Å². The molecule has 3 rings (SSSR count). The molecular weight excluding hydrogens is 379 g/mol. The van der Waals surface area contributed by atoms with E-state index in [1.165, 1.54) is 4.88 Å². The van der Waals surface area contributed by atoms with Crippen LogP contribution >= 0.6 is 50.5 Å². The van der Waals surface area contributed by atoms with Crippen LogP contribution in [0.3, 0.4) is 0 Å². The van der Waals surface area contributed by atoms with Crippen molar-refractivity contribution in [2.24, 2.45) is 0 Å². The van der Waals surface area contributed by atoms with Crippen molar-refractivity contribution in [3.63, 3.8) is 0 Å². The van der Waals surface area contributed by atoms with E-state index >= 15 is 0 Å². The van der Waals surface area contributed by atoms with Gasteiger partial charge in [-0.2, -0.15) is 0 Å². The summed E-state index contributed by atoms with van der Waals surface area (Å²) < 4.78 is 3.35. The third-order valence-electron chi connectivity index (χ3n) is 3.05. The number of fused-ring (bicyclic) bond motifs is 1. The van der Waals surface area contributed by atoms with Crippen LogP contribution in [0, 0.1) is 0 Å². The Bertz CT molecular complexity index is 751. The van der Waals surface area contributed by atoms with Crippen LogP contribution in [-0.2, 0) is 13.0 Å². The quantitative estimate of drug-likeness (QED) is 0.550. The fourth-order valence-corrected chi connectivity index (χ4v) is 4.00. The third kappa shape index (κ3) is 2.89. The van der Waals surface area contributed by atoms with Gasteiger partial charge in [-0.15, -0.1) is 22.9 Å². The van der Waals surface area contributed by atoms with Crippen LogP contribution in [0.1, 0.15) is 10.7 Å². The molecule has 1 aromatic carbocycles. The first kappa shape index (κ1) is 14.4. The van der Waals surface area contributed by atoms with Gasteiger partial charge in [0, 0.05) is 22.2 Å². The number of imidazole rings is 1. The number of benzene rings is 1. The number of rotatable bonds is 4. The van der Waals surface area contributed by atoms with E-state index < -0.39 is 0 Å². The van der Waals surface area contributed by atoms with E-state index in [9.17, 15) is 0 Å². The van der Waals surface area contributed by atoms with Gasteiger partial charge in [-0.1, -0.05) is 11.6 Å². The molecular formula is C14H11BrCl2N2S. The summed E-state index contributed by atoms with van der Waals surface area (Å²) in [6.07, 6.45) is 0.750. The molecule has 104 valence electrons. The Morgan fingerprint density at radius 1 is 1.25 bits per heavy atom. The molecule has 0 bridgehead atoms. The largest absolute Gasteiger partial charge is 0.323 e. The van der Waals surface area contributed by atoms with E-state index in [1.54, 1.807) is 11.3 Å². The standard InChI is InChI=1S/C14H11BrCl2N2S/c15-13-4-2-10(20-13)8-19-12-3-1-9(17)7-11(12)18-14(19)5-6-16/h1-4,7H,5-6,8H2. The third-order valence-corrected chi connectivity index (χ3v) is 5.08. The van der Waals surface area contributed by atoms with E-state index in [0.29, 0.717) is 10.9 Å². The van der Waals surface area contributed by atoms with Gasteiger partial charge in [0.05, 0.1) is 21.4 Å². The molecule has 0 fully saturated rings. The van der Waals surface area contributed by atoms with Crippen molar-refractivity contribution in [2.75, 3.05) is 5.88 Å². The Hall–Kier alpha value is -0.550. The molecule has 0 aliphatic rings. The molecule has 0 saturated carbocycles. The first-order valence-electron chi connectivity index (χ1n) is 6.12. The van der Waals surface area contributed by atoms with E-state index in [1.807, 2.05) is 18.2 Å². The van der Waals surface area contributed by atoms with Crippen LogP contribution in [-0.4, -0.2) is 15.4 Å². The number of hydrogen-bond acceptors (Lipinski definition) is 2. The maximum Gasteiger partial charge on any atom is 0.111 e. The molecule has 20 heavy (non-hydrogen) atoms. The van der Waals surface area contributed by atoms with Crippen molar-refractivity contribution in [1.29, 1.82) is 0 Å². The second kappa shape index (κ2) is 6.06. The molecule has 2 heterocycles. The van der Waals surface area contributed by atoms with Crippen LogP contribution in [0.5, 0.6) is 0 Å². The normalized spacial score (nSPS) is 11.3. The minimum atomic E-state index is 0.561. The predicted octanol–water partition coefficient (Wildman–Crippen LogP) is 5.34. The van der Waals surface area contributed by atoms with Gasteiger partial charge in [-0.05, 0) is 46.3 Å². The van der Waals surface area contributed by atoms with Crippen LogP contribution in [0.15, 0.2) is 34.1 Å². The van der Waals surface area contributed by atoms with E-state index in [2.05, 4.69) is 37.6 Å². The second-order valence-electron chi connectivity index (χ2n) is 4.39. The number of thiophene rings is 1. The summed E-state index contributed by atoms with van der Waals surface area (Å²) in [6.45, 7) is 0.806. The predicted molar refractivity (Wildman–Crippen MR) is 90.3 cm³/mol. The van der Waals surface area contributed by atoms with Gasteiger partial charge >= 0.3 is 0 Å². The van der Waals surface area contributed by atoms with E-state index in [0.717, 1.165) is 33.6 Å². The zero-order chi connectivity index (χ0) is 14.1.